The Morgan fingerprint density at radius 3 is 2.42 bits per heavy atom. The van der Waals surface area contributed by atoms with Gasteiger partial charge in [-0.2, -0.15) is 0 Å². The second-order valence-corrected chi connectivity index (χ2v) is 7.35. The predicted molar refractivity (Wildman–Crippen MR) is 117 cm³/mol. The normalized spacial score (nSPS) is 18.3. The van der Waals surface area contributed by atoms with Gasteiger partial charge in [0.1, 0.15) is 0 Å². The van der Waals surface area contributed by atoms with E-state index in [1.807, 2.05) is 53.4 Å². The molecule has 0 unspecified atom stereocenters. The number of rotatable bonds is 9. The number of methoxy groups -OCH3 is 3. The van der Waals surface area contributed by atoms with Crippen molar-refractivity contribution in [2.75, 3.05) is 27.9 Å². The molecular formula is C24H28N2O5. The molecule has 3 rings (SSSR count). The summed E-state index contributed by atoms with van der Waals surface area (Å²) in [5, 5.41) is 3.17. The maximum atomic E-state index is 13.0. The van der Waals surface area contributed by atoms with Gasteiger partial charge in [0, 0.05) is 24.9 Å². The van der Waals surface area contributed by atoms with E-state index in [9.17, 15) is 9.59 Å². The number of carbonyl (C=O) groups is 2. The Kier molecular flexibility index (Phi) is 7.18. The van der Waals surface area contributed by atoms with E-state index in [1.54, 1.807) is 21.1 Å². The zero-order valence-corrected chi connectivity index (χ0v) is 18.3. The first-order valence-electron chi connectivity index (χ1n) is 10.0. The number of nitrogens with one attached hydrogen (secondary N) is 1. The molecule has 164 valence electrons. The molecule has 7 heteroatoms. The standard InChI is InChI=1S/C24H28N2O5/c1-16(12-22(27)31-4)25-14-19-23(18-8-6-5-7-9-18)26(24(19)28)15-17-10-11-20(29-2)21(13-17)30-3/h5-13,19,23,25H,14-15H2,1-4H3/b16-12-/t19-,23+/m1/s1. The minimum atomic E-state index is -0.431. The molecule has 31 heavy (non-hydrogen) atoms. The van der Waals surface area contributed by atoms with E-state index in [4.69, 9.17) is 9.47 Å². The fraction of sp³-hybridized carbons (Fsp3) is 0.333. The van der Waals surface area contributed by atoms with Crippen molar-refractivity contribution in [3.8, 4) is 11.5 Å². The number of hydrogen-bond acceptors (Lipinski definition) is 6. The number of carbonyl (C=O) groups excluding carboxylic acids is 2. The van der Waals surface area contributed by atoms with Crippen molar-refractivity contribution >= 4 is 11.9 Å². The lowest BCUT2D eigenvalue weighted by Gasteiger charge is -2.48. The van der Waals surface area contributed by atoms with Crippen LogP contribution in [0.5, 0.6) is 11.5 Å². The van der Waals surface area contributed by atoms with Crippen LogP contribution in [0.1, 0.15) is 24.1 Å². The summed E-state index contributed by atoms with van der Waals surface area (Å²) in [4.78, 5) is 26.3. The molecule has 2 aromatic carbocycles. The van der Waals surface area contributed by atoms with Gasteiger partial charge in [-0.25, -0.2) is 4.79 Å². The molecule has 1 fully saturated rings. The Labute approximate surface area is 182 Å². The van der Waals surface area contributed by atoms with Crippen LogP contribution in [0.25, 0.3) is 0 Å². The first-order chi connectivity index (χ1) is 15.0. The van der Waals surface area contributed by atoms with Crippen molar-refractivity contribution in [2.24, 2.45) is 5.92 Å². The Bertz CT molecular complexity index is 958. The van der Waals surface area contributed by atoms with Crippen molar-refractivity contribution in [2.45, 2.75) is 19.5 Å². The molecule has 7 nitrogen and oxygen atoms in total. The highest BCUT2D eigenvalue weighted by atomic mass is 16.5. The molecule has 1 saturated heterocycles. The van der Waals surface area contributed by atoms with Crippen LogP contribution >= 0.6 is 0 Å². The summed E-state index contributed by atoms with van der Waals surface area (Å²) in [6.45, 7) is 2.67. The van der Waals surface area contributed by atoms with E-state index in [0.29, 0.717) is 30.3 Å². The molecular weight excluding hydrogens is 396 g/mol. The van der Waals surface area contributed by atoms with Crippen LogP contribution < -0.4 is 14.8 Å². The smallest absolute Gasteiger partial charge is 0.332 e. The number of allylic oxidation sites excluding steroid dienone is 1. The van der Waals surface area contributed by atoms with Crippen molar-refractivity contribution in [3.05, 3.63) is 71.4 Å². The minimum absolute atomic E-state index is 0.0574. The van der Waals surface area contributed by atoms with E-state index in [-0.39, 0.29) is 17.9 Å². The highest BCUT2D eigenvalue weighted by Crippen LogP contribution is 2.41. The number of ether oxygens (including phenoxy) is 3. The monoisotopic (exact) mass is 424 g/mol. The highest BCUT2D eigenvalue weighted by molar-refractivity contribution is 5.87. The van der Waals surface area contributed by atoms with Gasteiger partial charge in [0.2, 0.25) is 5.91 Å². The van der Waals surface area contributed by atoms with Gasteiger partial charge in [-0.3, -0.25) is 4.79 Å². The topological polar surface area (TPSA) is 77.1 Å². The van der Waals surface area contributed by atoms with E-state index in [1.165, 1.54) is 13.2 Å². The average Bonchev–Trinajstić information content (AvgIpc) is 2.80. The van der Waals surface area contributed by atoms with Gasteiger partial charge < -0.3 is 24.4 Å². The minimum Gasteiger partial charge on any atom is -0.493 e. The maximum Gasteiger partial charge on any atom is 0.332 e. The van der Waals surface area contributed by atoms with Gasteiger partial charge in [0.05, 0.1) is 33.3 Å². The van der Waals surface area contributed by atoms with Crippen LogP contribution in [0.3, 0.4) is 0 Å². The first-order valence-corrected chi connectivity index (χ1v) is 10.0. The molecule has 1 aliphatic heterocycles. The van der Waals surface area contributed by atoms with Crippen LogP contribution in [0.15, 0.2) is 60.3 Å². The molecule has 2 atom stereocenters. The highest BCUT2D eigenvalue weighted by Gasteiger charge is 2.47. The zero-order valence-electron chi connectivity index (χ0n) is 18.3. The quantitative estimate of drug-likeness (QED) is 0.379. The Balaban J connectivity index is 1.78. The number of amides is 1. The van der Waals surface area contributed by atoms with Crippen LogP contribution in [0, 0.1) is 5.92 Å². The van der Waals surface area contributed by atoms with E-state index < -0.39 is 5.97 Å². The molecule has 1 aliphatic rings. The number of hydrogen-bond donors (Lipinski definition) is 1. The van der Waals surface area contributed by atoms with Gasteiger partial charge >= 0.3 is 5.97 Å². The molecule has 0 aliphatic carbocycles. The van der Waals surface area contributed by atoms with E-state index in [0.717, 1.165) is 11.1 Å². The number of nitrogens with zero attached hydrogens (tertiary/aromatic N) is 1. The lowest BCUT2D eigenvalue weighted by atomic mass is 9.81. The number of β-lactam (4-membered cyclic amide) rings is 1. The first kappa shape index (κ1) is 22.2. The van der Waals surface area contributed by atoms with Crippen LogP contribution in [0.4, 0.5) is 0 Å². The van der Waals surface area contributed by atoms with Gasteiger partial charge in [0.25, 0.3) is 0 Å². The van der Waals surface area contributed by atoms with Crippen molar-refractivity contribution in [1.29, 1.82) is 0 Å². The summed E-state index contributed by atoms with van der Waals surface area (Å²) >= 11 is 0. The van der Waals surface area contributed by atoms with E-state index in [2.05, 4.69) is 10.1 Å². The third-order valence-electron chi connectivity index (χ3n) is 5.40. The SMILES string of the molecule is COC(=O)/C=C(/C)NC[C@H]1C(=O)N(Cc2ccc(OC)c(OC)c2)[C@H]1c1ccccc1. The second kappa shape index (κ2) is 10.0. The number of esters is 1. The Morgan fingerprint density at radius 2 is 1.77 bits per heavy atom. The molecule has 1 amide bonds. The molecule has 2 aromatic rings. The molecule has 0 aromatic heterocycles. The summed E-state index contributed by atoms with van der Waals surface area (Å²) in [5.41, 5.74) is 2.69. The lowest BCUT2D eigenvalue weighted by molar-refractivity contribution is -0.157. The fourth-order valence-electron chi connectivity index (χ4n) is 3.79. The molecule has 1 heterocycles. The maximum absolute atomic E-state index is 13.0. The van der Waals surface area contributed by atoms with Gasteiger partial charge in [-0.15, -0.1) is 0 Å². The molecule has 0 bridgehead atoms. The predicted octanol–water partition coefficient (Wildman–Crippen LogP) is 3.07. The van der Waals surface area contributed by atoms with Gasteiger partial charge in [0.15, 0.2) is 11.5 Å². The van der Waals surface area contributed by atoms with Crippen molar-refractivity contribution in [1.82, 2.24) is 10.2 Å². The number of benzene rings is 2. The lowest BCUT2D eigenvalue weighted by Crippen LogP contribution is -2.57. The largest absolute Gasteiger partial charge is 0.493 e. The zero-order chi connectivity index (χ0) is 22.4. The fourth-order valence-corrected chi connectivity index (χ4v) is 3.79. The molecule has 0 spiro atoms. The van der Waals surface area contributed by atoms with Crippen LogP contribution in [-0.2, 0) is 20.9 Å². The Morgan fingerprint density at radius 1 is 1.06 bits per heavy atom. The summed E-state index contributed by atoms with van der Waals surface area (Å²) in [6, 6.07) is 15.6. The van der Waals surface area contributed by atoms with Crippen molar-refractivity contribution in [3.63, 3.8) is 0 Å². The second-order valence-electron chi connectivity index (χ2n) is 7.35. The van der Waals surface area contributed by atoms with Crippen molar-refractivity contribution < 1.29 is 23.8 Å². The van der Waals surface area contributed by atoms with E-state index >= 15 is 0 Å². The molecule has 1 N–H and O–H groups in total. The summed E-state index contributed by atoms with van der Waals surface area (Å²) in [5.74, 6) is 0.673. The van der Waals surface area contributed by atoms with Crippen LogP contribution in [0.2, 0.25) is 0 Å². The summed E-state index contributed by atoms with van der Waals surface area (Å²) in [7, 11) is 4.52. The third kappa shape index (κ3) is 4.99. The number of likely N-dealkylation sites (tertiary alicyclic amines) is 1. The molecule has 0 saturated carbocycles. The van der Waals surface area contributed by atoms with Gasteiger partial charge in [-0.1, -0.05) is 36.4 Å². The average molecular weight is 424 g/mol. The van der Waals surface area contributed by atoms with Gasteiger partial charge in [-0.05, 0) is 30.2 Å². The third-order valence-corrected chi connectivity index (χ3v) is 5.40. The Hall–Kier alpha value is -3.48. The van der Waals surface area contributed by atoms with Crippen LogP contribution in [-0.4, -0.2) is 44.7 Å². The molecule has 0 radical (unpaired) electrons. The summed E-state index contributed by atoms with van der Waals surface area (Å²) < 4.78 is 15.3. The summed E-state index contributed by atoms with van der Waals surface area (Å²) in [6.07, 6.45) is 1.38.